The van der Waals surface area contributed by atoms with Crippen LogP contribution in [0, 0.1) is 6.92 Å². The van der Waals surface area contributed by atoms with E-state index in [1.165, 1.54) is 4.88 Å². The van der Waals surface area contributed by atoms with Gasteiger partial charge in [-0.15, -0.1) is 11.3 Å². The molecule has 0 saturated carbocycles. The molecule has 0 bridgehead atoms. The Morgan fingerprint density at radius 3 is 2.67 bits per heavy atom. The monoisotopic (exact) mass is 304 g/mol. The lowest BCUT2D eigenvalue weighted by atomic mass is 10.1. The summed E-state index contributed by atoms with van der Waals surface area (Å²) < 4.78 is 5.11. The topological polar surface area (TPSA) is 51.2 Å². The molecule has 1 aromatic heterocycles. The van der Waals surface area contributed by atoms with Crippen LogP contribution in [0.4, 0.5) is 0 Å². The second-order valence-corrected chi connectivity index (χ2v) is 5.75. The van der Waals surface area contributed by atoms with E-state index in [0.717, 1.165) is 29.8 Å². The Bertz CT molecular complexity index is 578. The predicted molar refractivity (Wildman–Crippen MR) is 84.9 cm³/mol. The maximum Gasteiger partial charge on any atom is 0.220 e. The number of methoxy groups -OCH3 is 1. The Hall–Kier alpha value is -1.88. The first-order valence-electron chi connectivity index (χ1n) is 6.97. The minimum Gasteiger partial charge on any atom is -0.497 e. The van der Waals surface area contributed by atoms with Crippen molar-refractivity contribution in [3.05, 3.63) is 45.9 Å². The van der Waals surface area contributed by atoms with Crippen LogP contribution >= 0.6 is 11.3 Å². The van der Waals surface area contributed by atoms with Crippen molar-refractivity contribution in [1.29, 1.82) is 0 Å². The van der Waals surface area contributed by atoms with Crippen LogP contribution in [0.3, 0.4) is 0 Å². The maximum absolute atomic E-state index is 11.8. The Morgan fingerprint density at radius 2 is 2.05 bits per heavy atom. The number of carbonyl (C=O) groups is 1. The van der Waals surface area contributed by atoms with Crippen molar-refractivity contribution >= 4 is 17.2 Å². The number of hydrogen-bond acceptors (Lipinski definition) is 4. The molecule has 0 aliphatic heterocycles. The van der Waals surface area contributed by atoms with Crippen LogP contribution in [-0.4, -0.2) is 24.5 Å². The molecule has 112 valence electrons. The highest BCUT2D eigenvalue weighted by Crippen LogP contribution is 2.13. The largest absolute Gasteiger partial charge is 0.497 e. The molecule has 2 rings (SSSR count). The highest BCUT2D eigenvalue weighted by Gasteiger charge is 2.04. The minimum atomic E-state index is 0.0907. The second kappa shape index (κ2) is 7.78. The van der Waals surface area contributed by atoms with Crippen molar-refractivity contribution in [2.75, 3.05) is 13.7 Å². The van der Waals surface area contributed by atoms with Crippen molar-refractivity contribution < 1.29 is 9.53 Å². The lowest BCUT2D eigenvalue weighted by Crippen LogP contribution is -2.25. The normalized spacial score (nSPS) is 10.4. The summed E-state index contributed by atoms with van der Waals surface area (Å²) >= 11 is 1.64. The summed E-state index contributed by atoms with van der Waals surface area (Å²) in [5.41, 5.74) is 4.05. The first kappa shape index (κ1) is 15.5. The number of nitrogens with zero attached hydrogens (tertiary/aromatic N) is 1. The van der Waals surface area contributed by atoms with E-state index in [2.05, 4.69) is 10.3 Å². The molecular weight excluding hydrogens is 284 g/mol. The van der Waals surface area contributed by atoms with E-state index in [1.54, 1.807) is 18.4 Å². The number of rotatable bonds is 7. The van der Waals surface area contributed by atoms with Gasteiger partial charge >= 0.3 is 0 Å². The zero-order valence-corrected chi connectivity index (χ0v) is 13.2. The smallest absolute Gasteiger partial charge is 0.220 e. The molecule has 0 aliphatic rings. The van der Waals surface area contributed by atoms with E-state index in [4.69, 9.17) is 4.74 Å². The van der Waals surface area contributed by atoms with Gasteiger partial charge in [0, 0.05) is 24.3 Å². The molecule has 5 heteroatoms. The van der Waals surface area contributed by atoms with Gasteiger partial charge in [0.25, 0.3) is 0 Å². The van der Waals surface area contributed by atoms with Gasteiger partial charge in [-0.1, -0.05) is 12.1 Å². The minimum absolute atomic E-state index is 0.0907. The fourth-order valence-electron chi connectivity index (χ4n) is 2.02. The summed E-state index contributed by atoms with van der Waals surface area (Å²) in [6.07, 6.45) is 2.11. The van der Waals surface area contributed by atoms with Gasteiger partial charge in [0.05, 0.1) is 18.3 Å². The average Bonchev–Trinajstić information content (AvgIpc) is 2.91. The number of aromatic nitrogens is 1. The van der Waals surface area contributed by atoms with Crippen LogP contribution < -0.4 is 10.1 Å². The van der Waals surface area contributed by atoms with Crippen LogP contribution in [0.2, 0.25) is 0 Å². The molecule has 1 aromatic carbocycles. The molecule has 0 saturated heterocycles. The number of nitrogens with one attached hydrogen (secondary N) is 1. The van der Waals surface area contributed by atoms with Crippen molar-refractivity contribution in [3.63, 3.8) is 0 Å². The van der Waals surface area contributed by atoms with Gasteiger partial charge in [-0.2, -0.15) is 0 Å². The fraction of sp³-hybridized carbons (Fsp3) is 0.375. The Kier molecular flexibility index (Phi) is 5.75. The number of carbonyl (C=O) groups excluding carboxylic acids is 1. The number of benzene rings is 1. The summed E-state index contributed by atoms with van der Waals surface area (Å²) in [4.78, 5) is 17.2. The second-order valence-electron chi connectivity index (χ2n) is 4.81. The van der Waals surface area contributed by atoms with Crippen LogP contribution in [0.15, 0.2) is 29.8 Å². The highest BCUT2D eigenvalue weighted by molar-refractivity contribution is 7.09. The van der Waals surface area contributed by atoms with Gasteiger partial charge < -0.3 is 10.1 Å². The van der Waals surface area contributed by atoms with E-state index >= 15 is 0 Å². The Balaban J connectivity index is 1.68. The van der Waals surface area contributed by atoms with Gasteiger partial charge in [-0.05, 0) is 31.0 Å². The number of amides is 1. The fourth-order valence-corrected chi connectivity index (χ4v) is 2.80. The molecular formula is C16H20N2O2S. The summed E-state index contributed by atoms with van der Waals surface area (Å²) in [5.74, 6) is 0.927. The molecule has 1 heterocycles. The van der Waals surface area contributed by atoms with Crippen molar-refractivity contribution in [2.45, 2.75) is 26.2 Å². The molecule has 21 heavy (non-hydrogen) atoms. The molecule has 0 aliphatic carbocycles. The average molecular weight is 304 g/mol. The van der Waals surface area contributed by atoms with Crippen LogP contribution in [0.1, 0.15) is 22.6 Å². The van der Waals surface area contributed by atoms with Crippen LogP contribution in [0.5, 0.6) is 5.75 Å². The zero-order valence-electron chi connectivity index (χ0n) is 12.4. The van der Waals surface area contributed by atoms with E-state index in [-0.39, 0.29) is 5.91 Å². The number of thiazole rings is 1. The van der Waals surface area contributed by atoms with Crippen molar-refractivity contribution in [3.8, 4) is 5.75 Å². The van der Waals surface area contributed by atoms with E-state index in [9.17, 15) is 4.79 Å². The standard InChI is InChI=1S/C16H20N2O2S/c1-12-15(21-11-18-12)9-10-17-16(19)8-5-13-3-6-14(20-2)7-4-13/h3-4,6-7,11H,5,8-10H2,1-2H3,(H,17,19). The highest BCUT2D eigenvalue weighted by atomic mass is 32.1. The van der Waals surface area contributed by atoms with E-state index < -0.39 is 0 Å². The third-order valence-electron chi connectivity index (χ3n) is 3.32. The SMILES string of the molecule is COc1ccc(CCC(=O)NCCc2scnc2C)cc1. The van der Waals surface area contributed by atoms with E-state index in [0.29, 0.717) is 13.0 Å². The van der Waals surface area contributed by atoms with E-state index in [1.807, 2.05) is 36.7 Å². The number of aryl methyl sites for hydroxylation is 2. The first-order chi connectivity index (χ1) is 10.2. The zero-order chi connectivity index (χ0) is 15.1. The predicted octanol–water partition coefficient (Wildman–Crippen LogP) is 2.75. The molecule has 2 aromatic rings. The quantitative estimate of drug-likeness (QED) is 0.855. The summed E-state index contributed by atoms with van der Waals surface area (Å²) in [6, 6.07) is 7.82. The van der Waals surface area contributed by atoms with Crippen molar-refractivity contribution in [2.24, 2.45) is 0 Å². The Morgan fingerprint density at radius 1 is 1.29 bits per heavy atom. The molecule has 1 N–H and O–H groups in total. The van der Waals surface area contributed by atoms with Gasteiger partial charge in [0.2, 0.25) is 5.91 Å². The van der Waals surface area contributed by atoms with Crippen LogP contribution in [-0.2, 0) is 17.6 Å². The number of hydrogen-bond donors (Lipinski definition) is 1. The molecule has 0 atom stereocenters. The first-order valence-corrected chi connectivity index (χ1v) is 7.85. The third kappa shape index (κ3) is 4.86. The molecule has 1 amide bonds. The van der Waals surface area contributed by atoms with Crippen LogP contribution in [0.25, 0.3) is 0 Å². The molecule has 0 fully saturated rings. The van der Waals surface area contributed by atoms with Gasteiger partial charge in [-0.3, -0.25) is 4.79 Å². The van der Waals surface area contributed by atoms with Gasteiger partial charge in [0.1, 0.15) is 5.75 Å². The summed E-state index contributed by atoms with van der Waals surface area (Å²) in [7, 11) is 1.65. The number of ether oxygens (including phenoxy) is 1. The van der Waals surface area contributed by atoms with Crippen molar-refractivity contribution in [1.82, 2.24) is 10.3 Å². The molecule has 0 spiro atoms. The van der Waals surface area contributed by atoms with Gasteiger partial charge in [0.15, 0.2) is 0 Å². The lowest BCUT2D eigenvalue weighted by molar-refractivity contribution is -0.121. The molecule has 0 unspecified atom stereocenters. The third-order valence-corrected chi connectivity index (χ3v) is 4.31. The lowest BCUT2D eigenvalue weighted by Gasteiger charge is -2.06. The van der Waals surface area contributed by atoms with Gasteiger partial charge in [-0.25, -0.2) is 4.98 Å². The maximum atomic E-state index is 11.8. The molecule has 0 radical (unpaired) electrons. The summed E-state index contributed by atoms with van der Waals surface area (Å²) in [6.45, 7) is 2.67. The summed E-state index contributed by atoms with van der Waals surface area (Å²) in [5, 5.41) is 2.96. The molecule has 4 nitrogen and oxygen atoms in total. The Labute approximate surface area is 129 Å².